The zero-order chi connectivity index (χ0) is 20.7. The first kappa shape index (κ1) is 21.8. The van der Waals surface area contributed by atoms with Gasteiger partial charge in [-0.1, -0.05) is 11.6 Å². The summed E-state index contributed by atoms with van der Waals surface area (Å²) in [6, 6.07) is 5.49. The molecule has 0 fully saturated rings. The second-order valence-corrected chi connectivity index (χ2v) is 6.70. The average molecular weight is 412 g/mol. The van der Waals surface area contributed by atoms with Gasteiger partial charge in [0.15, 0.2) is 6.61 Å². The summed E-state index contributed by atoms with van der Waals surface area (Å²) in [5.74, 6) is -1.57. The summed E-state index contributed by atoms with van der Waals surface area (Å²) in [6.45, 7) is 5.99. The van der Waals surface area contributed by atoms with Crippen LogP contribution in [0.25, 0.3) is 5.69 Å². The fraction of sp³-hybridized carbons (Fsp3) is 0.421. The maximum atomic E-state index is 13.1. The first-order valence-corrected chi connectivity index (χ1v) is 9.24. The van der Waals surface area contributed by atoms with E-state index in [1.807, 2.05) is 13.8 Å². The Balaban J connectivity index is 1.90. The summed E-state index contributed by atoms with van der Waals surface area (Å²) in [6.07, 6.45) is 0.799. The van der Waals surface area contributed by atoms with Crippen molar-refractivity contribution in [3.63, 3.8) is 0 Å². The molecule has 2 aromatic rings. The molecule has 0 bridgehead atoms. The lowest BCUT2D eigenvalue weighted by Gasteiger charge is -2.09. The number of rotatable bonds is 9. The van der Waals surface area contributed by atoms with Crippen molar-refractivity contribution in [2.45, 2.75) is 33.3 Å². The van der Waals surface area contributed by atoms with Crippen molar-refractivity contribution in [2.75, 3.05) is 19.8 Å². The Bertz CT molecular complexity index is 821. The highest BCUT2D eigenvalue weighted by atomic mass is 35.5. The van der Waals surface area contributed by atoms with E-state index >= 15 is 0 Å². The molecule has 0 spiro atoms. The standard InChI is InChI=1S/C19H23ClFN3O4/c1-12(2)27-10-4-9-22-16(25)11-28-19(26)17-13(3)23-24(18(17)20)15-7-5-14(21)6-8-15/h5-8,12H,4,9-11H2,1-3H3,(H,22,25). The van der Waals surface area contributed by atoms with E-state index < -0.39 is 24.3 Å². The lowest BCUT2D eigenvalue weighted by Crippen LogP contribution is -2.30. The normalized spacial score (nSPS) is 10.9. The van der Waals surface area contributed by atoms with Gasteiger partial charge in [-0.3, -0.25) is 4.79 Å². The van der Waals surface area contributed by atoms with Crippen LogP contribution in [0, 0.1) is 12.7 Å². The minimum absolute atomic E-state index is 0.0281. The van der Waals surface area contributed by atoms with Gasteiger partial charge in [-0.2, -0.15) is 5.10 Å². The number of nitrogens with zero attached hydrogens (tertiary/aromatic N) is 2. The Morgan fingerprint density at radius 2 is 1.96 bits per heavy atom. The molecule has 1 aromatic carbocycles. The molecule has 0 aliphatic heterocycles. The highest BCUT2D eigenvalue weighted by Crippen LogP contribution is 2.24. The van der Waals surface area contributed by atoms with E-state index in [-0.39, 0.29) is 16.8 Å². The number of aromatic nitrogens is 2. The fourth-order valence-corrected chi connectivity index (χ4v) is 2.71. The zero-order valence-electron chi connectivity index (χ0n) is 16.0. The highest BCUT2D eigenvalue weighted by molar-refractivity contribution is 6.33. The molecule has 0 saturated heterocycles. The molecule has 0 atom stereocenters. The summed E-state index contributed by atoms with van der Waals surface area (Å²) in [7, 11) is 0. The van der Waals surface area contributed by atoms with Gasteiger partial charge in [-0.05, 0) is 51.5 Å². The van der Waals surface area contributed by atoms with E-state index in [9.17, 15) is 14.0 Å². The smallest absolute Gasteiger partial charge is 0.343 e. The van der Waals surface area contributed by atoms with Gasteiger partial charge in [0.2, 0.25) is 0 Å². The van der Waals surface area contributed by atoms with Crippen molar-refractivity contribution < 1.29 is 23.5 Å². The van der Waals surface area contributed by atoms with Crippen molar-refractivity contribution in [3.8, 4) is 5.69 Å². The number of nitrogens with one attached hydrogen (secondary N) is 1. The molecular formula is C19H23ClFN3O4. The third-order valence-electron chi connectivity index (χ3n) is 3.71. The number of hydrogen-bond donors (Lipinski definition) is 1. The second-order valence-electron chi connectivity index (χ2n) is 6.34. The number of ether oxygens (including phenoxy) is 2. The van der Waals surface area contributed by atoms with Crippen LogP contribution in [0.5, 0.6) is 0 Å². The molecule has 0 saturated carbocycles. The largest absolute Gasteiger partial charge is 0.452 e. The Morgan fingerprint density at radius 1 is 1.29 bits per heavy atom. The van der Waals surface area contributed by atoms with Crippen LogP contribution < -0.4 is 5.32 Å². The molecule has 1 heterocycles. The number of halogens is 2. The van der Waals surface area contributed by atoms with Crippen LogP contribution in [-0.4, -0.2) is 47.5 Å². The SMILES string of the molecule is Cc1nn(-c2ccc(F)cc2)c(Cl)c1C(=O)OCC(=O)NCCCOC(C)C. The highest BCUT2D eigenvalue weighted by Gasteiger charge is 2.23. The molecule has 152 valence electrons. The molecule has 1 aromatic heterocycles. The van der Waals surface area contributed by atoms with E-state index in [1.54, 1.807) is 6.92 Å². The van der Waals surface area contributed by atoms with Crippen LogP contribution in [-0.2, 0) is 14.3 Å². The van der Waals surface area contributed by atoms with Crippen molar-refractivity contribution >= 4 is 23.5 Å². The van der Waals surface area contributed by atoms with Crippen LogP contribution in [0.15, 0.2) is 24.3 Å². The molecule has 28 heavy (non-hydrogen) atoms. The van der Waals surface area contributed by atoms with Gasteiger partial charge in [0, 0.05) is 13.2 Å². The van der Waals surface area contributed by atoms with E-state index in [0.717, 1.165) is 0 Å². The van der Waals surface area contributed by atoms with Crippen LogP contribution in [0.2, 0.25) is 5.15 Å². The van der Waals surface area contributed by atoms with E-state index in [4.69, 9.17) is 21.1 Å². The molecule has 2 rings (SSSR count). The Kier molecular flexibility index (Phi) is 7.95. The third-order valence-corrected chi connectivity index (χ3v) is 4.06. The van der Waals surface area contributed by atoms with Crippen molar-refractivity contribution in [1.82, 2.24) is 15.1 Å². The molecular weight excluding hydrogens is 389 g/mol. The number of amides is 1. The number of esters is 1. The predicted octanol–water partition coefficient (Wildman–Crippen LogP) is 3.06. The van der Waals surface area contributed by atoms with Gasteiger partial charge in [0.25, 0.3) is 5.91 Å². The summed E-state index contributed by atoms with van der Waals surface area (Å²) in [4.78, 5) is 24.1. The predicted molar refractivity (Wildman–Crippen MR) is 102 cm³/mol. The third kappa shape index (κ3) is 6.03. The van der Waals surface area contributed by atoms with Crippen molar-refractivity contribution in [2.24, 2.45) is 0 Å². The zero-order valence-corrected chi connectivity index (χ0v) is 16.8. The summed E-state index contributed by atoms with van der Waals surface area (Å²) in [5.41, 5.74) is 0.893. The topological polar surface area (TPSA) is 82.5 Å². The van der Waals surface area contributed by atoms with Gasteiger partial charge in [0.05, 0.1) is 17.5 Å². The molecule has 0 radical (unpaired) electrons. The van der Waals surface area contributed by atoms with E-state index in [0.29, 0.717) is 31.0 Å². The minimum atomic E-state index is -0.755. The first-order chi connectivity index (χ1) is 13.3. The average Bonchev–Trinajstić information content (AvgIpc) is 2.94. The summed E-state index contributed by atoms with van der Waals surface area (Å²) in [5, 5.41) is 6.86. The Hall–Kier alpha value is -2.45. The molecule has 1 N–H and O–H groups in total. The Labute approximate surface area is 167 Å². The van der Waals surface area contributed by atoms with Crippen molar-refractivity contribution in [1.29, 1.82) is 0 Å². The first-order valence-electron chi connectivity index (χ1n) is 8.86. The maximum absolute atomic E-state index is 13.1. The number of hydrogen-bond acceptors (Lipinski definition) is 5. The number of carbonyl (C=O) groups is 2. The molecule has 9 heteroatoms. The molecule has 0 aliphatic rings. The number of aryl methyl sites for hydroxylation is 1. The lowest BCUT2D eigenvalue weighted by molar-refractivity contribution is -0.124. The van der Waals surface area contributed by atoms with Crippen LogP contribution >= 0.6 is 11.6 Å². The number of carbonyl (C=O) groups excluding carboxylic acids is 2. The van der Waals surface area contributed by atoms with Crippen molar-refractivity contribution in [3.05, 3.63) is 46.5 Å². The molecule has 0 unspecified atom stereocenters. The van der Waals surface area contributed by atoms with Gasteiger partial charge in [-0.15, -0.1) is 0 Å². The van der Waals surface area contributed by atoms with Gasteiger partial charge < -0.3 is 14.8 Å². The molecule has 1 amide bonds. The molecule has 0 aliphatic carbocycles. The summed E-state index contributed by atoms with van der Waals surface area (Å²) >= 11 is 6.25. The maximum Gasteiger partial charge on any atom is 0.343 e. The molecule has 7 nitrogen and oxygen atoms in total. The fourth-order valence-electron chi connectivity index (χ4n) is 2.36. The van der Waals surface area contributed by atoms with Gasteiger partial charge in [0.1, 0.15) is 16.5 Å². The van der Waals surface area contributed by atoms with Gasteiger partial charge >= 0.3 is 5.97 Å². The van der Waals surface area contributed by atoms with Crippen LogP contribution in [0.3, 0.4) is 0 Å². The van der Waals surface area contributed by atoms with E-state index in [2.05, 4.69) is 10.4 Å². The van der Waals surface area contributed by atoms with E-state index in [1.165, 1.54) is 28.9 Å². The quantitative estimate of drug-likeness (QED) is 0.506. The lowest BCUT2D eigenvalue weighted by atomic mass is 10.2. The van der Waals surface area contributed by atoms with Gasteiger partial charge in [-0.25, -0.2) is 13.9 Å². The minimum Gasteiger partial charge on any atom is -0.452 e. The second kappa shape index (κ2) is 10.2. The Morgan fingerprint density at radius 3 is 2.61 bits per heavy atom. The number of benzene rings is 1. The van der Waals surface area contributed by atoms with Crippen LogP contribution in [0.4, 0.5) is 4.39 Å². The monoisotopic (exact) mass is 411 g/mol. The summed E-state index contributed by atoms with van der Waals surface area (Å²) < 4.78 is 24.8. The van der Waals surface area contributed by atoms with Crippen LogP contribution in [0.1, 0.15) is 36.3 Å².